The topological polar surface area (TPSA) is 27.3 Å². The number of hydrogen-bond donors (Lipinski definition) is 2. The quantitative estimate of drug-likeness (QED) is 0.777. The number of hydrogen-bond acceptors (Lipinski definition) is 3. The minimum absolute atomic E-state index is 0.844. The Morgan fingerprint density at radius 2 is 2.25 bits per heavy atom. The van der Waals surface area contributed by atoms with Gasteiger partial charge in [0.1, 0.15) is 0 Å². The summed E-state index contributed by atoms with van der Waals surface area (Å²) in [5.41, 5.74) is 2.98. The molecule has 3 nitrogen and oxygen atoms in total. The van der Waals surface area contributed by atoms with Gasteiger partial charge in [-0.05, 0) is 69.4 Å². The van der Waals surface area contributed by atoms with E-state index in [1.54, 1.807) is 0 Å². The molecule has 1 fully saturated rings. The Kier molecular flexibility index (Phi) is 4.93. The van der Waals surface area contributed by atoms with Crippen LogP contribution in [-0.4, -0.2) is 39.3 Å². The van der Waals surface area contributed by atoms with E-state index in [-0.39, 0.29) is 0 Å². The number of rotatable bonds is 6. The lowest BCUT2D eigenvalue weighted by Crippen LogP contribution is -2.36. The van der Waals surface area contributed by atoms with Crippen molar-refractivity contribution in [2.24, 2.45) is 5.92 Å². The van der Waals surface area contributed by atoms with Crippen molar-refractivity contribution in [2.75, 3.05) is 44.2 Å². The Morgan fingerprint density at radius 1 is 1.30 bits per heavy atom. The molecule has 3 rings (SSSR count). The van der Waals surface area contributed by atoms with Crippen molar-refractivity contribution in [3.05, 3.63) is 29.8 Å². The highest BCUT2D eigenvalue weighted by molar-refractivity contribution is 5.57. The SMILES string of the molecule is c1ccc2c(c1)CCN2CCCNCC1CCCNC1. The second-order valence-corrected chi connectivity index (χ2v) is 6.14. The van der Waals surface area contributed by atoms with Crippen molar-refractivity contribution in [2.45, 2.75) is 25.7 Å². The number of para-hydroxylation sites is 1. The Bertz CT molecular complexity index is 412. The minimum atomic E-state index is 0.844. The second-order valence-electron chi connectivity index (χ2n) is 6.14. The standard InChI is InChI=1S/C17H27N3/c1-2-7-17-16(6-1)8-12-20(17)11-4-10-19-14-15-5-3-9-18-13-15/h1-2,6-7,15,18-19H,3-5,8-14H2. The van der Waals surface area contributed by atoms with Crippen LogP contribution >= 0.6 is 0 Å². The number of fused-ring (bicyclic) bond motifs is 1. The van der Waals surface area contributed by atoms with E-state index in [0.29, 0.717) is 0 Å². The maximum atomic E-state index is 3.64. The van der Waals surface area contributed by atoms with Crippen molar-refractivity contribution < 1.29 is 0 Å². The van der Waals surface area contributed by atoms with Crippen LogP contribution in [0.2, 0.25) is 0 Å². The fraction of sp³-hybridized carbons (Fsp3) is 0.647. The fourth-order valence-electron chi connectivity index (χ4n) is 3.44. The molecule has 2 N–H and O–H groups in total. The third kappa shape index (κ3) is 3.53. The van der Waals surface area contributed by atoms with E-state index < -0.39 is 0 Å². The molecule has 20 heavy (non-hydrogen) atoms. The average molecular weight is 273 g/mol. The third-order valence-corrected chi connectivity index (χ3v) is 4.60. The summed E-state index contributed by atoms with van der Waals surface area (Å²) < 4.78 is 0. The van der Waals surface area contributed by atoms with Gasteiger partial charge in [0.05, 0.1) is 0 Å². The number of anilines is 1. The smallest absolute Gasteiger partial charge is 0.0399 e. The van der Waals surface area contributed by atoms with Crippen LogP contribution in [0, 0.1) is 5.92 Å². The first-order valence-electron chi connectivity index (χ1n) is 8.18. The van der Waals surface area contributed by atoms with E-state index >= 15 is 0 Å². The first kappa shape index (κ1) is 13.9. The van der Waals surface area contributed by atoms with Crippen molar-refractivity contribution in [3.63, 3.8) is 0 Å². The Morgan fingerprint density at radius 3 is 3.15 bits per heavy atom. The molecule has 0 spiro atoms. The Labute approximate surface area is 122 Å². The van der Waals surface area contributed by atoms with Crippen LogP contribution in [0.25, 0.3) is 0 Å². The van der Waals surface area contributed by atoms with Gasteiger partial charge >= 0.3 is 0 Å². The molecule has 110 valence electrons. The van der Waals surface area contributed by atoms with Crippen molar-refractivity contribution in [3.8, 4) is 0 Å². The molecule has 2 aliphatic rings. The van der Waals surface area contributed by atoms with Gasteiger partial charge in [0, 0.05) is 18.8 Å². The van der Waals surface area contributed by atoms with Gasteiger partial charge in [0.25, 0.3) is 0 Å². The molecule has 2 aliphatic heterocycles. The van der Waals surface area contributed by atoms with E-state index in [9.17, 15) is 0 Å². The zero-order valence-electron chi connectivity index (χ0n) is 12.4. The summed E-state index contributed by atoms with van der Waals surface area (Å²) in [6.07, 6.45) is 5.20. The molecule has 1 aromatic carbocycles. The molecule has 0 bridgehead atoms. The van der Waals surface area contributed by atoms with Crippen LogP contribution in [0.1, 0.15) is 24.8 Å². The molecule has 1 atom stereocenters. The van der Waals surface area contributed by atoms with Gasteiger partial charge in [-0.25, -0.2) is 0 Å². The minimum Gasteiger partial charge on any atom is -0.371 e. The average Bonchev–Trinajstić information content (AvgIpc) is 2.91. The molecule has 1 aromatic rings. The highest BCUT2D eigenvalue weighted by Crippen LogP contribution is 2.27. The highest BCUT2D eigenvalue weighted by atomic mass is 15.1. The lowest BCUT2D eigenvalue weighted by Gasteiger charge is -2.23. The molecule has 0 aromatic heterocycles. The van der Waals surface area contributed by atoms with Crippen LogP contribution < -0.4 is 15.5 Å². The van der Waals surface area contributed by atoms with Crippen molar-refractivity contribution >= 4 is 5.69 Å². The van der Waals surface area contributed by atoms with E-state index in [1.807, 2.05) is 0 Å². The predicted molar refractivity (Wildman–Crippen MR) is 85.4 cm³/mol. The molecule has 3 heteroatoms. The number of benzene rings is 1. The van der Waals surface area contributed by atoms with Gasteiger partial charge in [0.2, 0.25) is 0 Å². The molecule has 2 heterocycles. The molecule has 1 saturated heterocycles. The fourth-order valence-corrected chi connectivity index (χ4v) is 3.44. The number of nitrogens with zero attached hydrogens (tertiary/aromatic N) is 1. The summed E-state index contributed by atoms with van der Waals surface area (Å²) in [6, 6.07) is 8.85. The van der Waals surface area contributed by atoms with Crippen LogP contribution in [0.3, 0.4) is 0 Å². The van der Waals surface area contributed by atoms with E-state index in [0.717, 1.165) is 12.5 Å². The van der Waals surface area contributed by atoms with Gasteiger partial charge in [-0.15, -0.1) is 0 Å². The largest absolute Gasteiger partial charge is 0.371 e. The lowest BCUT2D eigenvalue weighted by molar-refractivity contribution is 0.360. The van der Waals surface area contributed by atoms with Crippen LogP contribution in [0.15, 0.2) is 24.3 Å². The van der Waals surface area contributed by atoms with Crippen LogP contribution in [0.4, 0.5) is 5.69 Å². The van der Waals surface area contributed by atoms with Gasteiger partial charge in [-0.3, -0.25) is 0 Å². The molecule has 0 saturated carbocycles. The molecular weight excluding hydrogens is 246 g/mol. The van der Waals surface area contributed by atoms with Crippen LogP contribution in [0.5, 0.6) is 0 Å². The van der Waals surface area contributed by atoms with E-state index in [1.165, 1.54) is 69.7 Å². The monoisotopic (exact) mass is 273 g/mol. The summed E-state index contributed by atoms with van der Waals surface area (Å²) in [7, 11) is 0. The van der Waals surface area contributed by atoms with E-state index in [2.05, 4.69) is 39.8 Å². The van der Waals surface area contributed by atoms with E-state index in [4.69, 9.17) is 0 Å². The van der Waals surface area contributed by atoms with Gasteiger partial charge in [-0.1, -0.05) is 18.2 Å². The second kappa shape index (κ2) is 7.09. The summed E-state index contributed by atoms with van der Waals surface area (Å²) in [5, 5.41) is 7.12. The van der Waals surface area contributed by atoms with Gasteiger partial charge in [-0.2, -0.15) is 0 Å². The van der Waals surface area contributed by atoms with Crippen molar-refractivity contribution in [1.82, 2.24) is 10.6 Å². The zero-order valence-corrected chi connectivity index (χ0v) is 12.4. The maximum Gasteiger partial charge on any atom is 0.0399 e. The summed E-state index contributed by atoms with van der Waals surface area (Å²) in [4.78, 5) is 2.54. The summed E-state index contributed by atoms with van der Waals surface area (Å²) in [6.45, 7) is 7.13. The first-order chi connectivity index (χ1) is 9.93. The Balaban J connectivity index is 1.32. The molecule has 1 unspecified atom stereocenters. The molecule has 0 aliphatic carbocycles. The molecule has 0 amide bonds. The highest BCUT2D eigenvalue weighted by Gasteiger charge is 2.17. The summed E-state index contributed by atoms with van der Waals surface area (Å²) in [5.74, 6) is 0.844. The predicted octanol–water partition coefficient (Wildman–Crippen LogP) is 2.03. The molecule has 0 radical (unpaired) electrons. The third-order valence-electron chi connectivity index (χ3n) is 4.60. The molecular formula is C17H27N3. The number of piperidine rings is 1. The van der Waals surface area contributed by atoms with Gasteiger partial charge < -0.3 is 15.5 Å². The lowest BCUT2D eigenvalue weighted by atomic mass is 10.00. The number of nitrogens with one attached hydrogen (secondary N) is 2. The van der Waals surface area contributed by atoms with Crippen molar-refractivity contribution in [1.29, 1.82) is 0 Å². The normalized spacial score (nSPS) is 22.0. The summed E-state index contributed by atoms with van der Waals surface area (Å²) >= 11 is 0. The Hall–Kier alpha value is -1.06. The van der Waals surface area contributed by atoms with Crippen LogP contribution in [-0.2, 0) is 6.42 Å². The first-order valence-corrected chi connectivity index (χ1v) is 8.18. The zero-order chi connectivity index (χ0) is 13.6. The maximum absolute atomic E-state index is 3.64. The van der Waals surface area contributed by atoms with Gasteiger partial charge in [0.15, 0.2) is 0 Å².